The number of ether oxygens (including phenoxy) is 1. The Morgan fingerprint density at radius 1 is 1.44 bits per heavy atom. The molecule has 0 atom stereocenters. The lowest BCUT2D eigenvalue weighted by molar-refractivity contribution is 0.0962. The minimum absolute atomic E-state index is 0.0886. The zero-order valence-electron chi connectivity index (χ0n) is 10.1. The number of hydrogen-bond donors (Lipinski definition) is 1. The summed E-state index contributed by atoms with van der Waals surface area (Å²) in [5, 5.41) is 2.59. The van der Waals surface area contributed by atoms with E-state index in [2.05, 4.69) is 19.2 Å². The van der Waals surface area contributed by atoms with Crippen molar-refractivity contribution in [3.63, 3.8) is 0 Å². The summed E-state index contributed by atoms with van der Waals surface area (Å²) in [6, 6.07) is 7.23. The van der Waals surface area contributed by atoms with Crippen molar-refractivity contribution in [3.8, 4) is 5.75 Å². The molecule has 0 saturated heterocycles. The van der Waals surface area contributed by atoms with Crippen molar-refractivity contribution in [1.82, 2.24) is 5.32 Å². The van der Waals surface area contributed by atoms with Crippen LogP contribution < -0.4 is 10.1 Å². The van der Waals surface area contributed by atoms with Crippen LogP contribution in [0.4, 0.5) is 0 Å². The van der Waals surface area contributed by atoms with Crippen molar-refractivity contribution in [2.45, 2.75) is 20.3 Å². The van der Waals surface area contributed by atoms with Gasteiger partial charge in [-0.25, -0.2) is 0 Å². The first-order valence-corrected chi connectivity index (χ1v) is 5.58. The maximum atomic E-state index is 11.4. The van der Waals surface area contributed by atoms with E-state index in [4.69, 9.17) is 4.74 Å². The van der Waals surface area contributed by atoms with Crippen LogP contribution in [0.15, 0.2) is 24.3 Å². The van der Waals surface area contributed by atoms with Gasteiger partial charge < -0.3 is 10.1 Å². The maximum absolute atomic E-state index is 11.4. The Morgan fingerprint density at radius 2 is 2.19 bits per heavy atom. The number of carbonyl (C=O) groups excluding carboxylic acids is 1. The number of hydrogen-bond acceptors (Lipinski definition) is 2. The van der Waals surface area contributed by atoms with Crippen molar-refractivity contribution in [1.29, 1.82) is 0 Å². The second kappa shape index (κ2) is 6.16. The fourth-order valence-electron chi connectivity index (χ4n) is 1.28. The summed E-state index contributed by atoms with van der Waals surface area (Å²) in [5.74, 6) is 1.29. The number of rotatable bonds is 5. The monoisotopic (exact) mass is 221 g/mol. The number of amides is 1. The van der Waals surface area contributed by atoms with E-state index in [1.165, 1.54) is 0 Å². The van der Waals surface area contributed by atoms with Crippen molar-refractivity contribution >= 4 is 5.91 Å². The molecular weight excluding hydrogens is 202 g/mol. The molecule has 0 bridgehead atoms. The molecule has 1 aromatic rings. The molecule has 0 spiro atoms. The molecule has 0 saturated carbocycles. The lowest BCUT2D eigenvalue weighted by Crippen LogP contribution is -2.17. The van der Waals surface area contributed by atoms with Gasteiger partial charge in [-0.3, -0.25) is 4.79 Å². The lowest BCUT2D eigenvalue weighted by atomic mass is 10.1. The quantitative estimate of drug-likeness (QED) is 0.829. The van der Waals surface area contributed by atoms with Crippen LogP contribution in [0.1, 0.15) is 30.6 Å². The number of nitrogens with one attached hydrogen (secondary N) is 1. The van der Waals surface area contributed by atoms with E-state index >= 15 is 0 Å². The minimum atomic E-state index is -0.0886. The van der Waals surface area contributed by atoms with E-state index in [1.807, 2.05) is 12.1 Å². The third-order valence-corrected chi connectivity index (χ3v) is 2.29. The van der Waals surface area contributed by atoms with Crippen LogP contribution >= 0.6 is 0 Å². The molecule has 0 aliphatic rings. The Morgan fingerprint density at radius 3 is 2.81 bits per heavy atom. The fourth-order valence-corrected chi connectivity index (χ4v) is 1.28. The fraction of sp³-hybridized carbons (Fsp3) is 0.462. The molecular formula is C13H19NO2. The summed E-state index contributed by atoms with van der Waals surface area (Å²) < 4.78 is 5.57. The maximum Gasteiger partial charge on any atom is 0.251 e. The number of carbonyl (C=O) groups is 1. The predicted octanol–water partition coefficient (Wildman–Crippen LogP) is 2.47. The normalized spacial score (nSPS) is 10.2. The SMILES string of the molecule is CNC(=O)c1cccc(OCCC(C)C)c1. The molecule has 0 heterocycles. The highest BCUT2D eigenvalue weighted by atomic mass is 16.5. The van der Waals surface area contributed by atoms with E-state index in [1.54, 1.807) is 19.2 Å². The largest absolute Gasteiger partial charge is 0.494 e. The van der Waals surface area contributed by atoms with Gasteiger partial charge in [-0.1, -0.05) is 19.9 Å². The second-order valence-corrected chi connectivity index (χ2v) is 4.14. The molecule has 0 aliphatic heterocycles. The van der Waals surface area contributed by atoms with Crippen LogP contribution in [0.25, 0.3) is 0 Å². The van der Waals surface area contributed by atoms with Gasteiger partial charge >= 0.3 is 0 Å². The van der Waals surface area contributed by atoms with Crippen LogP contribution in [0.3, 0.4) is 0 Å². The summed E-state index contributed by atoms with van der Waals surface area (Å²) in [6.07, 6.45) is 1.02. The van der Waals surface area contributed by atoms with Gasteiger partial charge in [0.2, 0.25) is 0 Å². The smallest absolute Gasteiger partial charge is 0.251 e. The molecule has 0 aliphatic carbocycles. The van der Waals surface area contributed by atoms with Crippen LogP contribution in [0, 0.1) is 5.92 Å². The average molecular weight is 221 g/mol. The molecule has 3 nitrogen and oxygen atoms in total. The van der Waals surface area contributed by atoms with Gasteiger partial charge in [-0.05, 0) is 30.5 Å². The Hall–Kier alpha value is -1.51. The first-order chi connectivity index (χ1) is 7.63. The highest BCUT2D eigenvalue weighted by molar-refractivity contribution is 5.94. The molecule has 0 radical (unpaired) electrons. The minimum Gasteiger partial charge on any atom is -0.494 e. The Labute approximate surface area is 96.8 Å². The summed E-state index contributed by atoms with van der Waals surface area (Å²) in [4.78, 5) is 11.4. The topological polar surface area (TPSA) is 38.3 Å². The average Bonchev–Trinajstić information content (AvgIpc) is 2.28. The van der Waals surface area contributed by atoms with Crippen LogP contribution in [0.5, 0.6) is 5.75 Å². The molecule has 1 rings (SSSR count). The third-order valence-electron chi connectivity index (χ3n) is 2.29. The van der Waals surface area contributed by atoms with Gasteiger partial charge in [0, 0.05) is 12.6 Å². The highest BCUT2D eigenvalue weighted by Crippen LogP contribution is 2.14. The van der Waals surface area contributed by atoms with E-state index in [-0.39, 0.29) is 5.91 Å². The van der Waals surface area contributed by atoms with Crippen molar-refractivity contribution < 1.29 is 9.53 Å². The zero-order valence-corrected chi connectivity index (χ0v) is 10.1. The Kier molecular flexibility index (Phi) is 4.83. The summed E-state index contributed by atoms with van der Waals surface area (Å²) in [6.45, 7) is 5.00. The first-order valence-electron chi connectivity index (χ1n) is 5.58. The molecule has 88 valence electrons. The molecule has 0 fully saturated rings. The van der Waals surface area contributed by atoms with E-state index in [0.29, 0.717) is 18.1 Å². The van der Waals surface area contributed by atoms with Crippen LogP contribution in [-0.4, -0.2) is 19.6 Å². The van der Waals surface area contributed by atoms with Crippen LogP contribution in [-0.2, 0) is 0 Å². The summed E-state index contributed by atoms with van der Waals surface area (Å²) >= 11 is 0. The molecule has 0 aromatic heterocycles. The Bertz CT molecular complexity index is 348. The van der Waals surface area contributed by atoms with Gasteiger partial charge in [-0.2, -0.15) is 0 Å². The predicted molar refractivity (Wildman–Crippen MR) is 64.8 cm³/mol. The molecule has 1 N–H and O–H groups in total. The standard InChI is InChI=1S/C13H19NO2/c1-10(2)7-8-16-12-6-4-5-11(9-12)13(15)14-3/h4-6,9-10H,7-8H2,1-3H3,(H,14,15). The number of benzene rings is 1. The first kappa shape index (κ1) is 12.6. The van der Waals surface area contributed by atoms with Crippen LogP contribution in [0.2, 0.25) is 0 Å². The molecule has 16 heavy (non-hydrogen) atoms. The van der Waals surface area contributed by atoms with Gasteiger partial charge in [-0.15, -0.1) is 0 Å². The molecule has 1 amide bonds. The van der Waals surface area contributed by atoms with E-state index in [0.717, 1.165) is 12.2 Å². The molecule has 1 aromatic carbocycles. The van der Waals surface area contributed by atoms with Gasteiger partial charge in [0.25, 0.3) is 5.91 Å². The highest BCUT2D eigenvalue weighted by Gasteiger charge is 2.04. The van der Waals surface area contributed by atoms with Crippen molar-refractivity contribution in [3.05, 3.63) is 29.8 Å². The third kappa shape index (κ3) is 3.93. The second-order valence-electron chi connectivity index (χ2n) is 4.14. The van der Waals surface area contributed by atoms with E-state index < -0.39 is 0 Å². The van der Waals surface area contributed by atoms with Gasteiger partial charge in [0.05, 0.1) is 6.61 Å². The molecule has 3 heteroatoms. The molecule has 0 unspecified atom stereocenters. The van der Waals surface area contributed by atoms with Gasteiger partial charge in [0.15, 0.2) is 0 Å². The van der Waals surface area contributed by atoms with Crippen molar-refractivity contribution in [2.75, 3.05) is 13.7 Å². The Balaban J connectivity index is 2.57. The summed E-state index contributed by atoms with van der Waals surface area (Å²) in [5.41, 5.74) is 0.629. The van der Waals surface area contributed by atoms with E-state index in [9.17, 15) is 4.79 Å². The lowest BCUT2D eigenvalue weighted by Gasteiger charge is -2.09. The van der Waals surface area contributed by atoms with Crippen molar-refractivity contribution in [2.24, 2.45) is 5.92 Å². The summed E-state index contributed by atoms with van der Waals surface area (Å²) in [7, 11) is 1.62. The zero-order chi connectivity index (χ0) is 12.0. The van der Waals surface area contributed by atoms with Gasteiger partial charge in [0.1, 0.15) is 5.75 Å².